The van der Waals surface area contributed by atoms with Crippen LogP contribution < -0.4 is 10.1 Å². The van der Waals surface area contributed by atoms with Crippen LogP contribution in [0.3, 0.4) is 0 Å². The SMILES string of the molecule is CCCOc1cc(NCCS(C)(=O)=O)ccc1[N+](=O)[O-]. The number of nitro groups is 1. The Morgan fingerprint density at radius 1 is 1.40 bits per heavy atom. The van der Waals surface area contributed by atoms with Gasteiger partial charge in [-0.25, -0.2) is 8.42 Å². The Bertz CT molecular complexity index is 571. The molecule has 0 heterocycles. The number of hydrogen-bond donors (Lipinski definition) is 1. The minimum absolute atomic E-state index is 0.00482. The topological polar surface area (TPSA) is 98.5 Å². The summed E-state index contributed by atoms with van der Waals surface area (Å²) in [5.41, 5.74) is 0.484. The van der Waals surface area contributed by atoms with E-state index in [1.165, 1.54) is 18.2 Å². The van der Waals surface area contributed by atoms with Gasteiger partial charge in [0.05, 0.1) is 17.3 Å². The van der Waals surface area contributed by atoms with E-state index in [2.05, 4.69) is 5.32 Å². The zero-order valence-electron chi connectivity index (χ0n) is 11.5. The van der Waals surface area contributed by atoms with Gasteiger partial charge in [0.2, 0.25) is 0 Å². The predicted octanol–water partition coefficient (Wildman–Crippen LogP) is 1.84. The summed E-state index contributed by atoms with van der Waals surface area (Å²) in [6.07, 6.45) is 1.89. The van der Waals surface area contributed by atoms with Crippen LogP contribution in [0, 0.1) is 10.1 Å². The van der Waals surface area contributed by atoms with E-state index >= 15 is 0 Å². The summed E-state index contributed by atoms with van der Waals surface area (Å²) in [5.74, 6) is 0.177. The second kappa shape index (κ2) is 7.09. The van der Waals surface area contributed by atoms with Gasteiger partial charge in [-0.05, 0) is 12.5 Å². The molecule has 0 aliphatic carbocycles. The second-order valence-corrected chi connectivity index (χ2v) is 6.60. The standard InChI is InChI=1S/C12H18N2O5S/c1-3-7-19-12-9-10(4-5-11(12)14(15)16)13-6-8-20(2,17)18/h4-5,9,13H,3,6-8H2,1-2H3. The normalized spacial score (nSPS) is 11.1. The number of nitro benzene ring substituents is 1. The molecule has 0 saturated carbocycles. The van der Waals surface area contributed by atoms with Crippen LogP contribution in [0.15, 0.2) is 18.2 Å². The van der Waals surface area contributed by atoms with Crippen molar-refractivity contribution in [3.8, 4) is 5.75 Å². The van der Waals surface area contributed by atoms with Gasteiger partial charge in [0, 0.05) is 30.6 Å². The van der Waals surface area contributed by atoms with Crippen LogP contribution in [-0.4, -0.2) is 38.5 Å². The summed E-state index contributed by atoms with van der Waals surface area (Å²) in [5, 5.41) is 13.8. The Hall–Kier alpha value is -1.83. The quantitative estimate of drug-likeness (QED) is 0.581. The molecule has 0 amide bonds. The summed E-state index contributed by atoms with van der Waals surface area (Å²) in [7, 11) is -3.04. The maximum absolute atomic E-state index is 11.0. The highest BCUT2D eigenvalue weighted by atomic mass is 32.2. The molecular weight excluding hydrogens is 284 g/mol. The number of rotatable bonds is 8. The lowest BCUT2D eigenvalue weighted by Gasteiger charge is -2.09. The molecule has 1 N–H and O–H groups in total. The summed E-state index contributed by atoms with van der Waals surface area (Å²) in [6, 6.07) is 4.38. The maximum Gasteiger partial charge on any atom is 0.311 e. The summed E-state index contributed by atoms with van der Waals surface area (Å²) < 4.78 is 27.4. The van der Waals surface area contributed by atoms with E-state index in [4.69, 9.17) is 4.74 Å². The maximum atomic E-state index is 11.0. The van der Waals surface area contributed by atoms with E-state index in [9.17, 15) is 18.5 Å². The highest BCUT2D eigenvalue weighted by molar-refractivity contribution is 7.90. The first-order valence-electron chi connectivity index (χ1n) is 6.16. The molecule has 8 heteroatoms. The monoisotopic (exact) mass is 302 g/mol. The van der Waals surface area contributed by atoms with Crippen molar-refractivity contribution in [2.45, 2.75) is 13.3 Å². The fourth-order valence-corrected chi connectivity index (χ4v) is 1.96. The molecule has 0 saturated heterocycles. The van der Waals surface area contributed by atoms with E-state index < -0.39 is 14.8 Å². The van der Waals surface area contributed by atoms with Crippen molar-refractivity contribution in [3.63, 3.8) is 0 Å². The molecule has 0 spiro atoms. The molecule has 1 aromatic rings. The Kier molecular flexibility index (Phi) is 5.75. The van der Waals surface area contributed by atoms with Gasteiger partial charge in [0.15, 0.2) is 5.75 Å². The van der Waals surface area contributed by atoms with Crippen LogP contribution in [0.5, 0.6) is 5.75 Å². The van der Waals surface area contributed by atoms with Gasteiger partial charge in [-0.3, -0.25) is 10.1 Å². The van der Waals surface area contributed by atoms with Gasteiger partial charge in [0.1, 0.15) is 9.84 Å². The highest BCUT2D eigenvalue weighted by Gasteiger charge is 2.15. The lowest BCUT2D eigenvalue weighted by Crippen LogP contribution is -2.14. The molecular formula is C12H18N2O5S. The lowest BCUT2D eigenvalue weighted by atomic mass is 10.2. The first-order chi connectivity index (χ1) is 9.33. The van der Waals surface area contributed by atoms with E-state index in [0.29, 0.717) is 12.3 Å². The number of sulfone groups is 1. The average molecular weight is 302 g/mol. The smallest absolute Gasteiger partial charge is 0.311 e. The number of ether oxygens (including phenoxy) is 1. The average Bonchev–Trinajstić information content (AvgIpc) is 2.34. The van der Waals surface area contributed by atoms with E-state index in [1.54, 1.807) is 0 Å². The third kappa shape index (κ3) is 5.43. The minimum atomic E-state index is -3.04. The number of anilines is 1. The molecule has 0 aromatic heterocycles. The molecule has 0 radical (unpaired) electrons. The molecule has 7 nitrogen and oxygen atoms in total. The molecule has 20 heavy (non-hydrogen) atoms. The van der Waals surface area contributed by atoms with Crippen LogP contribution >= 0.6 is 0 Å². The van der Waals surface area contributed by atoms with Gasteiger partial charge < -0.3 is 10.1 Å². The zero-order valence-corrected chi connectivity index (χ0v) is 12.3. The summed E-state index contributed by atoms with van der Waals surface area (Å²) in [4.78, 5) is 10.4. The third-order valence-corrected chi connectivity index (χ3v) is 3.37. The molecule has 112 valence electrons. The molecule has 0 bridgehead atoms. The molecule has 0 atom stereocenters. The fourth-order valence-electron chi connectivity index (χ4n) is 1.48. The first-order valence-corrected chi connectivity index (χ1v) is 8.22. The van der Waals surface area contributed by atoms with Crippen molar-refractivity contribution in [1.82, 2.24) is 0 Å². The largest absolute Gasteiger partial charge is 0.487 e. The van der Waals surface area contributed by atoms with Gasteiger partial charge in [-0.15, -0.1) is 0 Å². The number of nitrogens with zero attached hydrogens (tertiary/aromatic N) is 1. The van der Waals surface area contributed by atoms with Gasteiger partial charge in [0.25, 0.3) is 0 Å². The van der Waals surface area contributed by atoms with Crippen molar-refractivity contribution in [1.29, 1.82) is 0 Å². The van der Waals surface area contributed by atoms with Crippen molar-refractivity contribution in [2.75, 3.05) is 30.5 Å². The molecule has 0 fully saturated rings. The molecule has 0 aliphatic heterocycles. The Morgan fingerprint density at radius 3 is 2.65 bits per heavy atom. The number of hydrogen-bond acceptors (Lipinski definition) is 6. The molecule has 0 unspecified atom stereocenters. The lowest BCUT2D eigenvalue weighted by molar-refractivity contribution is -0.385. The highest BCUT2D eigenvalue weighted by Crippen LogP contribution is 2.30. The Balaban J connectivity index is 2.80. The molecule has 1 rings (SSSR count). The molecule has 0 aliphatic rings. The second-order valence-electron chi connectivity index (χ2n) is 4.34. The number of benzene rings is 1. The summed E-state index contributed by atoms with van der Waals surface area (Å²) >= 11 is 0. The predicted molar refractivity (Wildman–Crippen MR) is 77.1 cm³/mol. The van der Waals surface area contributed by atoms with E-state index in [1.807, 2.05) is 6.92 Å². The zero-order chi connectivity index (χ0) is 15.2. The van der Waals surface area contributed by atoms with Crippen LogP contribution in [-0.2, 0) is 9.84 Å². The van der Waals surface area contributed by atoms with E-state index in [-0.39, 0.29) is 23.7 Å². The van der Waals surface area contributed by atoms with Crippen molar-refractivity contribution < 1.29 is 18.1 Å². The van der Waals surface area contributed by atoms with E-state index in [0.717, 1.165) is 12.7 Å². The van der Waals surface area contributed by atoms with Gasteiger partial charge >= 0.3 is 5.69 Å². The fraction of sp³-hybridized carbons (Fsp3) is 0.500. The third-order valence-electron chi connectivity index (χ3n) is 2.42. The van der Waals surface area contributed by atoms with Gasteiger partial charge in [-0.2, -0.15) is 0 Å². The van der Waals surface area contributed by atoms with Crippen LogP contribution in [0.1, 0.15) is 13.3 Å². The Morgan fingerprint density at radius 2 is 2.10 bits per heavy atom. The van der Waals surface area contributed by atoms with Gasteiger partial charge in [-0.1, -0.05) is 6.92 Å². The van der Waals surface area contributed by atoms with Crippen molar-refractivity contribution in [3.05, 3.63) is 28.3 Å². The van der Waals surface area contributed by atoms with Crippen molar-refractivity contribution in [2.24, 2.45) is 0 Å². The number of nitrogens with one attached hydrogen (secondary N) is 1. The van der Waals surface area contributed by atoms with Crippen molar-refractivity contribution >= 4 is 21.2 Å². The Labute approximate surface area is 118 Å². The van der Waals surface area contributed by atoms with Crippen LogP contribution in [0.25, 0.3) is 0 Å². The molecule has 1 aromatic carbocycles. The first kappa shape index (κ1) is 16.2. The summed E-state index contributed by atoms with van der Waals surface area (Å²) in [6.45, 7) is 2.53. The van der Waals surface area contributed by atoms with Crippen LogP contribution in [0.4, 0.5) is 11.4 Å². The van der Waals surface area contributed by atoms with Crippen LogP contribution in [0.2, 0.25) is 0 Å². The minimum Gasteiger partial charge on any atom is -0.487 e.